The molecule has 0 amide bonds. The van der Waals surface area contributed by atoms with Gasteiger partial charge in [0.25, 0.3) is 0 Å². The highest BCUT2D eigenvalue weighted by Crippen LogP contribution is 2.38. The molecule has 1 N–H and O–H groups in total. The molecule has 6 nitrogen and oxygen atoms in total. The van der Waals surface area contributed by atoms with Crippen LogP contribution in [0.25, 0.3) is 0 Å². The number of aliphatic hydroxyl groups excluding tert-OH is 1. The van der Waals surface area contributed by atoms with Crippen molar-refractivity contribution in [3.8, 4) is 11.5 Å². The van der Waals surface area contributed by atoms with Gasteiger partial charge in [0.2, 0.25) is 0 Å². The number of fused-ring (bicyclic) bond motifs is 1. The lowest BCUT2D eigenvalue weighted by molar-refractivity contribution is 0.276. The maximum absolute atomic E-state index is 8.98. The molecule has 0 aliphatic carbocycles. The van der Waals surface area contributed by atoms with Gasteiger partial charge in [-0.2, -0.15) is 0 Å². The van der Waals surface area contributed by atoms with Crippen molar-refractivity contribution in [2.24, 2.45) is 0 Å². The third kappa shape index (κ3) is 2.71. The van der Waals surface area contributed by atoms with E-state index in [0.717, 1.165) is 12.0 Å². The van der Waals surface area contributed by atoms with E-state index in [2.05, 4.69) is 10.3 Å². The highest BCUT2D eigenvalue weighted by molar-refractivity contribution is 6.32. The molecule has 0 saturated heterocycles. The Morgan fingerprint density at radius 2 is 2.15 bits per heavy atom. The highest BCUT2D eigenvalue weighted by Gasteiger charge is 2.16. The van der Waals surface area contributed by atoms with E-state index < -0.39 is 0 Å². The second-order valence-electron chi connectivity index (χ2n) is 4.52. The van der Waals surface area contributed by atoms with Crippen molar-refractivity contribution in [2.75, 3.05) is 13.2 Å². The molecule has 0 atom stereocenters. The molecule has 7 heteroatoms. The van der Waals surface area contributed by atoms with E-state index >= 15 is 0 Å². The van der Waals surface area contributed by atoms with Gasteiger partial charge in [-0.15, -0.1) is 5.10 Å². The van der Waals surface area contributed by atoms with Gasteiger partial charge in [-0.3, -0.25) is 0 Å². The zero-order valence-corrected chi connectivity index (χ0v) is 11.5. The smallest absolute Gasteiger partial charge is 0.179 e. The van der Waals surface area contributed by atoms with Crippen molar-refractivity contribution in [3.05, 3.63) is 34.6 Å². The quantitative estimate of drug-likeness (QED) is 0.932. The molecule has 1 aliphatic heterocycles. The van der Waals surface area contributed by atoms with Crippen LogP contribution < -0.4 is 9.47 Å². The molecular weight excluding hydrogens is 282 g/mol. The van der Waals surface area contributed by atoms with Crippen LogP contribution in [0.5, 0.6) is 11.5 Å². The zero-order valence-electron chi connectivity index (χ0n) is 10.8. The van der Waals surface area contributed by atoms with Crippen LogP contribution in [0.1, 0.15) is 17.7 Å². The Balaban J connectivity index is 1.86. The van der Waals surface area contributed by atoms with Crippen LogP contribution in [0.3, 0.4) is 0 Å². The third-order valence-corrected chi connectivity index (χ3v) is 3.24. The Morgan fingerprint density at radius 1 is 1.30 bits per heavy atom. The predicted molar refractivity (Wildman–Crippen MR) is 72.1 cm³/mol. The minimum absolute atomic E-state index is 0.123. The van der Waals surface area contributed by atoms with Gasteiger partial charge in [0.15, 0.2) is 11.5 Å². The van der Waals surface area contributed by atoms with Gasteiger partial charge in [-0.05, 0) is 17.7 Å². The van der Waals surface area contributed by atoms with Crippen LogP contribution >= 0.6 is 11.6 Å². The van der Waals surface area contributed by atoms with Gasteiger partial charge in [-0.1, -0.05) is 16.8 Å². The average Bonchev–Trinajstić information content (AvgIpc) is 2.74. The fraction of sp³-hybridized carbons (Fsp3) is 0.385. The van der Waals surface area contributed by atoms with Crippen LogP contribution in [-0.2, 0) is 13.2 Å². The summed E-state index contributed by atoms with van der Waals surface area (Å²) in [7, 11) is 0. The summed E-state index contributed by atoms with van der Waals surface area (Å²) in [6, 6.07) is 3.72. The number of ether oxygens (including phenoxy) is 2. The van der Waals surface area contributed by atoms with Crippen LogP contribution in [0.2, 0.25) is 5.02 Å². The summed E-state index contributed by atoms with van der Waals surface area (Å²) in [5, 5.41) is 17.3. The first-order valence-corrected chi connectivity index (χ1v) is 6.72. The van der Waals surface area contributed by atoms with Crippen molar-refractivity contribution in [1.82, 2.24) is 15.0 Å². The van der Waals surface area contributed by atoms with E-state index in [1.165, 1.54) is 0 Å². The summed E-state index contributed by atoms with van der Waals surface area (Å²) in [4.78, 5) is 0. The number of nitrogens with zero attached hydrogens (tertiary/aromatic N) is 3. The lowest BCUT2D eigenvalue weighted by Gasteiger charge is -2.11. The van der Waals surface area contributed by atoms with Gasteiger partial charge < -0.3 is 14.6 Å². The van der Waals surface area contributed by atoms with Gasteiger partial charge in [0, 0.05) is 6.42 Å². The summed E-state index contributed by atoms with van der Waals surface area (Å²) in [5.74, 6) is 1.26. The first kappa shape index (κ1) is 13.2. The molecule has 2 aromatic rings. The Hall–Kier alpha value is -1.79. The van der Waals surface area contributed by atoms with Gasteiger partial charge in [0.05, 0.1) is 37.6 Å². The summed E-state index contributed by atoms with van der Waals surface area (Å²) in [6.45, 7) is 1.60. The molecule has 0 unspecified atom stereocenters. The number of benzene rings is 1. The summed E-state index contributed by atoms with van der Waals surface area (Å²) in [6.07, 6.45) is 2.53. The fourth-order valence-electron chi connectivity index (χ4n) is 2.05. The third-order valence-electron chi connectivity index (χ3n) is 2.95. The molecule has 0 radical (unpaired) electrons. The number of hydrogen-bond donors (Lipinski definition) is 1. The Bertz CT molecular complexity index is 615. The van der Waals surface area contributed by atoms with E-state index in [1.54, 1.807) is 10.9 Å². The first-order valence-electron chi connectivity index (χ1n) is 6.34. The molecule has 1 aromatic heterocycles. The van der Waals surface area contributed by atoms with Crippen molar-refractivity contribution in [1.29, 1.82) is 0 Å². The van der Waals surface area contributed by atoms with Crippen molar-refractivity contribution in [3.63, 3.8) is 0 Å². The summed E-state index contributed by atoms with van der Waals surface area (Å²) >= 11 is 6.23. The lowest BCUT2D eigenvalue weighted by atomic mass is 10.2. The molecular formula is C13H14ClN3O3. The Labute approximate surface area is 120 Å². The van der Waals surface area contributed by atoms with Crippen molar-refractivity contribution in [2.45, 2.75) is 19.6 Å². The maximum Gasteiger partial charge on any atom is 0.179 e. The largest absolute Gasteiger partial charge is 0.489 e. The second-order valence-corrected chi connectivity index (χ2v) is 4.93. The number of hydrogen-bond acceptors (Lipinski definition) is 5. The normalized spacial score (nSPS) is 14.1. The summed E-state index contributed by atoms with van der Waals surface area (Å²) in [5.41, 5.74) is 1.47. The highest BCUT2D eigenvalue weighted by atomic mass is 35.5. The van der Waals surface area contributed by atoms with Gasteiger partial charge in [-0.25, -0.2) is 4.68 Å². The van der Waals surface area contributed by atoms with E-state index in [0.29, 0.717) is 42.0 Å². The molecule has 20 heavy (non-hydrogen) atoms. The van der Waals surface area contributed by atoms with Crippen molar-refractivity contribution >= 4 is 11.6 Å². The molecule has 1 aromatic carbocycles. The minimum atomic E-state index is -0.123. The molecule has 1 aliphatic rings. The SMILES string of the molecule is OCc1cn(Cc2cc(Cl)c3c(c2)OCCCO3)nn1. The van der Waals surface area contributed by atoms with Crippen LogP contribution in [-0.4, -0.2) is 33.3 Å². The number of aromatic nitrogens is 3. The molecule has 3 rings (SSSR count). The zero-order chi connectivity index (χ0) is 13.9. The van der Waals surface area contributed by atoms with E-state index in [4.69, 9.17) is 26.2 Å². The number of halogens is 1. The number of aliphatic hydroxyl groups is 1. The van der Waals surface area contributed by atoms with E-state index in [-0.39, 0.29) is 6.61 Å². The monoisotopic (exact) mass is 295 g/mol. The first-order chi connectivity index (χ1) is 9.76. The Kier molecular flexibility index (Phi) is 3.75. The van der Waals surface area contributed by atoms with E-state index in [1.807, 2.05) is 12.1 Å². The van der Waals surface area contributed by atoms with Crippen molar-refractivity contribution < 1.29 is 14.6 Å². The second kappa shape index (κ2) is 5.68. The van der Waals surface area contributed by atoms with Gasteiger partial charge >= 0.3 is 0 Å². The molecule has 106 valence electrons. The molecule has 0 spiro atoms. The van der Waals surface area contributed by atoms with Crippen LogP contribution in [0.15, 0.2) is 18.3 Å². The minimum Gasteiger partial charge on any atom is -0.489 e. The van der Waals surface area contributed by atoms with Crippen LogP contribution in [0, 0.1) is 0 Å². The molecule has 2 heterocycles. The van der Waals surface area contributed by atoms with Gasteiger partial charge in [0.1, 0.15) is 5.69 Å². The molecule has 0 fully saturated rings. The lowest BCUT2D eigenvalue weighted by Crippen LogP contribution is -2.02. The van der Waals surface area contributed by atoms with Crippen LogP contribution in [0.4, 0.5) is 0 Å². The summed E-state index contributed by atoms with van der Waals surface area (Å²) < 4.78 is 12.9. The Morgan fingerprint density at radius 3 is 2.95 bits per heavy atom. The average molecular weight is 296 g/mol. The number of rotatable bonds is 3. The predicted octanol–water partition coefficient (Wildman–Crippen LogP) is 1.63. The molecule has 0 saturated carbocycles. The molecule has 0 bridgehead atoms. The fourth-order valence-corrected chi connectivity index (χ4v) is 2.34. The topological polar surface area (TPSA) is 69.4 Å². The standard InChI is InChI=1S/C13H14ClN3O3/c14-11-4-9(6-17-7-10(8-18)15-16-17)5-12-13(11)20-3-1-2-19-12/h4-5,7,18H,1-3,6,8H2. The van der Waals surface area contributed by atoms with E-state index in [9.17, 15) is 0 Å². The maximum atomic E-state index is 8.98.